The summed E-state index contributed by atoms with van der Waals surface area (Å²) >= 11 is 0. The first-order valence-electron chi connectivity index (χ1n) is 3.76. The van der Waals surface area contributed by atoms with Crippen molar-refractivity contribution >= 4 is 17.6 Å². The Hall–Kier alpha value is -0.0662. The molecule has 0 bridgehead atoms. The van der Waals surface area contributed by atoms with Crippen LogP contribution in [0.2, 0.25) is 6.04 Å². The average Bonchev–Trinajstić information content (AvgIpc) is 1.99. The van der Waals surface area contributed by atoms with Crippen molar-refractivity contribution in [2.24, 2.45) is 5.73 Å². The average molecular weight is 225 g/mol. The molecule has 0 spiro atoms. The van der Waals surface area contributed by atoms with Crippen LogP contribution >= 0.6 is 0 Å². The zero-order valence-electron chi connectivity index (χ0n) is 7.18. The van der Waals surface area contributed by atoms with Crippen LogP contribution < -0.4 is 5.73 Å². The lowest BCUT2D eigenvalue weighted by Gasteiger charge is -2.23. The maximum Gasteiger partial charge on any atom is 0.516 e. The highest BCUT2D eigenvalue weighted by molar-refractivity contribution is 6.75. The van der Waals surface area contributed by atoms with Crippen LogP contribution in [0.3, 0.4) is 0 Å². The smallest absolute Gasteiger partial charge is 0.390 e. The molecule has 0 heterocycles. The van der Waals surface area contributed by atoms with E-state index in [1.54, 1.807) is 0 Å². The summed E-state index contributed by atoms with van der Waals surface area (Å²) in [6, 6.07) is -0.0484. The lowest BCUT2D eigenvalue weighted by Crippen LogP contribution is -2.52. The molecule has 0 saturated carbocycles. The highest BCUT2D eigenvalue weighted by Crippen LogP contribution is 2.11. The van der Waals surface area contributed by atoms with Crippen LogP contribution in [0.4, 0.5) is 0 Å². The second-order valence-corrected chi connectivity index (χ2v) is 7.13. The van der Waals surface area contributed by atoms with E-state index in [1.165, 1.54) is 0 Å². The maximum absolute atomic E-state index is 9.20. The van der Waals surface area contributed by atoms with Crippen molar-refractivity contribution in [3.05, 3.63) is 12.3 Å². The summed E-state index contributed by atoms with van der Waals surface area (Å²) in [5.74, 6) is 0. The molecule has 0 fully saturated rings. The second-order valence-electron chi connectivity index (χ2n) is 2.60. The van der Waals surface area contributed by atoms with Crippen molar-refractivity contribution in [3.63, 3.8) is 0 Å². The Kier molecular flexibility index (Phi) is 4.95. The topological polar surface area (TPSA) is 116 Å². The summed E-state index contributed by atoms with van der Waals surface area (Å²) in [5, 5.41) is 0. The molecule has 0 atom stereocenters. The van der Waals surface area contributed by atoms with Crippen molar-refractivity contribution < 1.29 is 23.3 Å². The highest BCUT2D eigenvalue weighted by atomic mass is 28.5. The first-order chi connectivity index (χ1) is 5.83. The van der Waals surface area contributed by atoms with E-state index in [0.29, 0.717) is 13.0 Å². The van der Waals surface area contributed by atoms with Gasteiger partial charge in [0.05, 0.1) is 0 Å². The summed E-state index contributed by atoms with van der Waals surface area (Å²) < 4.78 is 4.40. The quantitative estimate of drug-likeness (QED) is 0.331. The summed E-state index contributed by atoms with van der Waals surface area (Å²) in [5.41, 5.74) is 5.94. The third kappa shape index (κ3) is 6.07. The molecule has 0 aromatic carbocycles. The van der Waals surface area contributed by atoms with E-state index in [4.69, 9.17) is 15.3 Å². The van der Waals surface area contributed by atoms with Gasteiger partial charge in [-0.2, -0.15) is 0 Å². The number of nitrogens with two attached hydrogens (primary N) is 1. The van der Waals surface area contributed by atoms with Gasteiger partial charge in [-0.3, -0.25) is 0 Å². The minimum absolute atomic E-state index is 0.0484. The molecular formula is C5H15NO5Si2. The molecule has 78 valence electrons. The van der Waals surface area contributed by atoms with Gasteiger partial charge in [0.2, 0.25) is 0 Å². The van der Waals surface area contributed by atoms with E-state index in [9.17, 15) is 9.59 Å². The fourth-order valence-electron chi connectivity index (χ4n) is 0.666. The molecule has 13 heavy (non-hydrogen) atoms. The molecule has 0 amide bonds. The van der Waals surface area contributed by atoms with Crippen LogP contribution in [0.1, 0.15) is 6.42 Å². The molecule has 0 aliphatic carbocycles. The van der Waals surface area contributed by atoms with Gasteiger partial charge in [0.15, 0.2) is 0 Å². The van der Waals surface area contributed by atoms with E-state index >= 15 is 0 Å². The lowest BCUT2D eigenvalue weighted by molar-refractivity contribution is 0.164. The molecule has 6 N–H and O–H groups in total. The second kappa shape index (κ2) is 4.98. The molecule has 0 rings (SSSR count). The Labute approximate surface area is 78.6 Å². The van der Waals surface area contributed by atoms with Crippen LogP contribution in [0.25, 0.3) is 0 Å². The fraction of sp³-hybridized carbons (Fsp3) is 0.600. The van der Waals surface area contributed by atoms with Crippen molar-refractivity contribution in [2.45, 2.75) is 12.5 Å². The van der Waals surface area contributed by atoms with Crippen LogP contribution in [-0.2, 0) is 4.12 Å². The number of rotatable bonds is 6. The van der Waals surface area contributed by atoms with Crippen LogP contribution in [0.5, 0.6) is 0 Å². The molecule has 8 heteroatoms. The monoisotopic (exact) mass is 225 g/mol. The predicted molar refractivity (Wildman–Crippen MR) is 50.1 cm³/mol. The van der Waals surface area contributed by atoms with Gasteiger partial charge in [-0.05, 0) is 18.7 Å². The largest absolute Gasteiger partial charge is 0.516 e. The molecular weight excluding hydrogens is 210 g/mol. The first-order valence-corrected chi connectivity index (χ1v) is 7.65. The minimum atomic E-state index is -4.08. The van der Waals surface area contributed by atoms with Gasteiger partial charge in [-0.25, -0.2) is 0 Å². The van der Waals surface area contributed by atoms with E-state index in [0.717, 1.165) is 5.70 Å². The third-order valence-electron chi connectivity index (χ3n) is 1.29. The van der Waals surface area contributed by atoms with Gasteiger partial charge in [-0.1, -0.05) is 6.58 Å². The molecule has 0 unspecified atom stereocenters. The van der Waals surface area contributed by atoms with Crippen LogP contribution in [0, 0.1) is 0 Å². The van der Waals surface area contributed by atoms with Gasteiger partial charge in [0, 0.05) is 6.04 Å². The summed E-state index contributed by atoms with van der Waals surface area (Å²) in [6.45, 7) is 3.40. The van der Waals surface area contributed by atoms with E-state index in [2.05, 4.69) is 10.7 Å². The SMILES string of the molecule is C=C[Si](O)(O)O[Si](O)(O)CCCN. The third-order valence-corrected chi connectivity index (χ3v) is 5.33. The zero-order chi connectivity index (χ0) is 10.5. The Morgan fingerprint density at radius 3 is 2.23 bits per heavy atom. The van der Waals surface area contributed by atoms with Gasteiger partial charge >= 0.3 is 17.6 Å². The van der Waals surface area contributed by atoms with E-state index in [-0.39, 0.29) is 6.04 Å². The van der Waals surface area contributed by atoms with Gasteiger partial charge in [0.25, 0.3) is 0 Å². The Morgan fingerprint density at radius 2 is 1.85 bits per heavy atom. The maximum atomic E-state index is 9.20. The molecule has 0 aliphatic heterocycles. The summed E-state index contributed by atoms with van der Waals surface area (Å²) in [7, 11) is -8.05. The van der Waals surface area contributed by atoms with Crippen molar-refractivity contribution in [3.8, 4) is 0 Å². The minimum Gasteiger partial charge on any atom is -0.390 e. The van der Waals surface area contributed by atoms with Crippen LogP contribution in [0.15, 0.2) is 12.3 Å². The Bertz CT molecular complexity index is 174. The van der Waals surface area contributed by atoms with Crippen molar-refractivity contribution in [2.75, 3.05) is 6.54 Å². The molecule has 0 aliphatic rings. The molecule has 6 nitrogen and oxygen atoms in total. The lowest BCUT2D eigenvalue weighted by atomic mass is 10.5. The zero-order valence-corrected chi connectivity index (χ0v) is 9.18. The van der Waals surface area contributed by atoms with Gasteiger partial charge in [-0.15, -0.1) is 0 Å². The van der Waals surface area contributed by atoms with Crippen molar-refractivity contribution in [1.82, 2.24) is 0 Å². The molecule has 0 aromatic heterocycles. The van der Waals surface area contributed by atoms with E-state index < -0.39 is 17.6 Å². The normalized spacial score (nSPS) is 13.0. The number of hydrogen-bond donors (Lipinski definition) is 5. The summed E-state index contributed by atoms with van der Waals surface area (Å²) in [6.07, 6.45) is 0.362. The Morgan fingerprint density at radius 1 is 1.31 bits per heavy atom. The van der Waals surface area contributed by atoms with Crippen molar-refractivity contribution in [1.29, 1.82) is 0 Å². The van der Waals surface area contributed by atoms with Gasteiger partial charge < -0.3 is 29.0 Å². The first kappa shape index (κ1) is 12.9. The summed E-state index contributed by atoms with van der Waals surface area (Å²) in [4.78, 5) is 36.4. The highest BCUT2D eigenvalue weighted by Gasteiger charge is 2.43. The number of hydrogen-bond acceptors (Lipinski definition) is 6. The fourth-order valence-corrected chi connectivity index (χ4v) is 4.00. The van der Waals surface area contributed by atoms with E-state index in [1.807, 2.05) is 0 Å². The Balaban J connectivity index is 4.07. The van der Waals surface area contributed by atoms with Gasteiger partial charge in [0.1, 0.15) is 0 Å². The van der Waals surface area contributed by atoms with Crippen LogP contribution in [-0.4, -0.2) is 43.3 Å². The standard InChI is InChI=1S/C5H15NO5Si2/c1-2-12(7,8)11-13(9,10)5-3-4-6/h2,7-10H,1,3-6H2. The molecule has 0 radical (unpaired) electrons. The predicted octanol–water partition coefficient (Wildman–Crippen LogP) is -2.08. The molecule has 0 aromatic rings. The molecule has 0 saturated heterocycles.